The van der Waals surface area contributed by atoms with Gasteiger partial charge in [-0.15, -0.1) is 0 Å². The van der Waals surface area contributed by atoms with Gasteiger partial charge in [0.2, 0.25) is 0 Å². The molecule has 0 saturated heterocycles. The van der Waals surface area contributed by atoms with E-state index in [0.29, 0.717) is 9.50 Å². The van der Waals surface area contributed by atoms with Crippen molar-refractivity contribution in [1.82, 2.24) is 0 Å². The Morgan fingerprint density at radius 2 is 1.95 bits per heavy atom. The number of esters is 1. The monoisotopic (exact) mass is 403 g/mol. The molecule has 5 nitrogen and oxygen atoms in total. The van der Waals surface area contributed by atoms with Crippen LogP contribution >= 0.6 is 27.5 Å². The van der Waals surface area contributed by atoms with Crippen molar-refractivity contribution < 1.29 is 17.9 Å². The first kappa shape index (κ1) is 16.8. The van der Waals surface area contributed by atoms with Gasteiger partial charge in [-0.25, -0.2) is 13.2 Å². The van der Waals surface area contributed by atoms with Crippen LogP contribution in [0.5, 0.6) is 0 Å². The van der Waals surface area contributed by atoms with Crippen LogP contribution < -0.4 is 4.72 Å². The van der Waals surface area contributed by atoms with E-state index < -0.39 is 16.0 Å². The Labute approximate surface area is 141 Å². The standard InChI is InChI=1S/C14H11BrClNO4S/c1-21-14(18)12-7-9(15)5-6-13(12)17-22(19,20)11-4-2-3-10(16)8-11/h2-8,17H,1H3. The second-order valence-electron chi connectivity index (χ2n) is 4.24. The maximum atomic E-state index is 12.4. The fourth-order valence-corrected chi connectivity index (χ4v) is 3.46. The number of hydrogen-bond donors (Lipinski definition) is 1. The molecule has 2 rings (SSSR count). The number of rotatable bonds is 4. The molecule has 0 radical (unpaired) electrons. The molecule has 0 aliphatic rings. The van der Waals surface area contributed by atoms with Gasteiger partial charge in [0.1, 0.15) is 0 Å². The van der Waals surface area contributed by atoms with Gasteiger partial charge >= 0.3 is 5.97 Å². The van der Waals surface area contributed by atoms with Crippen LogP contribution in [0.1, 0.15) is 10.4 Å². The minimum absolute atomic E-state index is 0.00117. The SMILES string of the molecule is COC(=O)c1cc(Br)ccc1NS(=O)(=O)c1cccc(Cl)c1. The molecule has 0 spiro atoms. The Balaban J connectivity index is 2.44. The van der Waals surface area contributed by atoms with Gasteiger partial charge < -0.3 is 4.74 Å². The van der Waals surface area contributed by atoms with E-state index in [4.69, 9.17) is 11.6 Å². The normalized spacial score (nSPS) is 11.0. The molecule has 2 aromatic rings. The van der Waals surface area contributed by atoms with E-state index in [1.807, 2.05) is 0 Å². The molecule has 0 amide bonds. The van der Waals surface area contributed by atoms with Gasteiger partial charge in [0.05, 0.1) is 23.3 Å². The van der Waals surface area contributed by atoms with Gasteiger partial charge in [0, 0.05) is 9.50 Å². The fraction of sp³-hybridized carbons (Fsp3) is 0.0714. The summed E-state index contributed by atoms with van der Waals surface area (Å²) in [4.78, 5) is 11.8. The molecule has 0 bridgehead atoms. The van der Waals surface area contributed by atoms with Crippen molar-refractivity contribution in [1.29, 1.82) is 0 Å². The van der Waals surface area contributed by atoms with Crippen LogP contribution in [-0.4, -0.2) is 21.5 Å². The summed E-state index contributed by atoms with van der Waals surface area (Å²) in [5.41, 5.74) is 0.220. The van der Waals surface area contributed by atoms with Gasteiger partial charge in [-0.1, -0.05) is 33.6 Å². The maximum absolute atomic E-state index is 12.4. The van der Waals surface area contributed by atoms with E-state index in [9.17, 15) is 13.2 Å². The molecule has 8 heteroatoms. The summed E-state index contributed by atoms with van der Waals surface area (Å²) in [6.45, 7) is 0. The number of anilines is 1. The highest BCUT2D eigenvalue weighted by Crippen LogP contribution is 2.25. The average molecular weight is 405 g/mol. The van der Waals surface area contributed by atoms with E-state index in [0.717, 1.165) is 0 Å². The number of ether oxygens (including phenoxy) is 1. The van der Waals surface area contributed by atoms with Crippen LogP contribution in [-0.2, 0) is 14.8 Å². The molecule has 0 saturated carbocycles. The Kier molecular flexibility index (Phi) is 5.10. The fourth-order valence-electron chi connectivity index (χ4n) is 1.72. The molecule has 22 heavy (non-hydrogen) atoms. The zero-order valence-electron chi connectivity index (χ0n) is 11.3. The first-order chi connectivity index (χ1) is 10.3. The van der Waals surface area contributed by atoms with E-state index in [-0.39, 0.29) is 16.1 Å². The summed E-state index contributed by atoms with van der Waals surface area (Å²) >= 11 is 9.03. The van der Waals surface area contributed by atoms with Crippen molar-refractivity contribution >= 4 is 49.2 Å². The number of benzene rings is 2. The Morgan fingerprint density at radius 3 is 2.59 bits per heavy atom. The Bertz CT molecular complexity index is 823. The molecule has 0 aliphatic carbocycles. The summed E-state index contributed by atoms with van der Waals surface area (Å²) in [6.07, 6.45) is 0. The maximum Gasteiger partial charge on any atom is 0.340 e. The van der Waals surface area contributed by atoms with Gasteiger partial charge in [-0.3, -0.25) is 4.72 Å². The lowest BCUT2D eigenvalue weighted by molar-refractivity contribution is 0.0602. The second kappa shape index (κ2) is 6.68. The molecular formula is C14H11BrClNO4S. The molecular weight excluding hydrogens is 394 g/mol. The Morgan fingerprint density at radius 1 is 1.23 bits per heavy atom. The predicted octanol–water partition coefficient (Wildman–Crippen LogP) is 3.69. The number of carbonyl (C=O) groups is 1. The number of halogens is 2. The van der Waals surface area contributed by atoms with Crippen molar-refractivity contribution in [3.8, 4) is 0 Å². The van der Waals surface area contributed by atoms with E-state index in [1.54, 1.807) is 12.1 Å². The zero-order valence-corrected chi connectivity index (χ0v) is 14.5. The number of methoxy groups -OCH3 is 1. The number of sulfonamides is 1. The van der Waals surface area contributed by atoms with Crippen LogP contribution in [0.15, 0.2) is 51.8 Å². The summed E-state index contributed by atoms with van der Waals surface area (Å²) in [7, 11) is -2.65. The van der Waals surface area contributed by atoms with Gasteiger partial charge in [-0.05, 0) is 36.4 Å². The highest BCUT2D eigenvalue weighted by molar-refractivity contribution is 9.10. The van der Waals surface area contributed by atoms with E-state index in [2.05, 4.69) is 25.4 Å². The van der Waals surface area contributed by atoms with Crippen molar-refractivity contribution in [2.24, 2.45) is 0 Å². The van der Waals surface area contributed by atoms with Crippen LogP contribution in [0.4, 0.5) is 5.69 Å². The van der Waals surface area contributed by atoms with E-state index in [1.165, 1.54) is 37.4 Å². The minimum Gasteiger partial charge on any atom is -0.465 e. The first-order valence-electron chi connectivity index (χ1n) is 6.00. The third-order valence-corrected chi connectivity index (χ3v) is 4.83. The molecule has 116 valence electrons. The summed E-state index contributed by atoms with van der Waals surface area (Å²) in [5, 5.41) is 0.298. The van der Waals surface area contributed by atoms with Crippen LogP contribution in [0.25, 0.3) is 0 Å². The molecule has 0 fully saturated rings. The predicted molar refractivity (Wildman–Crippen MR) is 87.7 cm³/mol. The van der Waals surface area contributed by atoms with Crippen LogP contribution in [0.2, 0.25) is 5.02 Å². The van der Waals surface area contributed by atoms with Crippen LogP contribution in [0.3, 0.4) is 0 Å². The molecule has 1 N–H and O–H groups in total. The molecule has 0 heterocycles. The topological polar surface area (TPSA) is 72.5 Å². The summed E-state index contributed by atoms with van der Waals surface area (Å²) < 4.78 is 32.4. The molecule has 0 aromatic heterocycles. The summed E-state index contributed by atoms with van der Waals surface area (Å²) in [6, 6.07) is 10.4. The molecule has 2 aromatic carbocycles. The number of nitrogens with one attached hydrogen (secondary N) is 1. The van der Waals surface area contributed by atoms with Crippen LogP contribution in [0, 0.1) is 0 Å². The smallest absolute Gasteiger partial charge is 0.340 e. The zero-order chi connectivity index (χ0) is 16.3. The van der Waals surface area contributed by atoms with Crippen molar-refractivity contribution in [2.45, 2.75) is 4.90 Å². The molecule has 0 aliphatic heterocycles. The minimum atomic E-state index is -3.87. The second-order valence-corrected chi connectivity index (χ2v) is 7.28. The molecule has 0 unspecified atom stereocenters. The van der Waals surface area contributed by atoms with Crippen molar-refractivity contribution in [3.05, 3.63) is 57.5 Å². The summed E-state index contributed by atoms with van der Waals surface area (Å²) in [5.74, 6) is -0.648. The lowest BCUT2D eigenvalue weighted by atomic mass is 10.2. The largest absolute Gasteiger partial charge is 0.465 e. The lowest BCUT2D eigenvalue weighted by Crippen LogP contribution is -2.16. The highest BCUT2D eigenvalue weighted by atomic mass is 79.9. The van der Waals surface area contributed by atoms with Crippen molar-refractivity contribution in [2.75, 3.05) is 11.8 Å². The number of carbonyl (C=O) groups excluding carboxylic acids is 1. The highest BCUT2D eigenvalue weighted by Gasteiger charge is 2.19. The van der Waals surface area contributed by atoms with Gasteiger partial charge in [0.15, 0.2) is 0 Å². The van der Waals surface area contributed by atoms with Gasteiger partial charge in [-0.2, -0.15) is 0 Å². The molecule has 0 atom stereocenters. The van der Waals surface area contributed by atoms with Crippen molar-refractivity contribution in [3.63, 3.8) is 0 Å². The van der Waals surface area contributed by atoms with Gasteiger partial charge in [0.25, 0.3) is 10.0 Å². The third-order valence-electron chi connectivity index (χ3n) is 2.74. The Hall–Kier alpha value is -1.57. The number of hydrogen-bond acceptors (Lipinski definition) is 4. The average Bonchev–Trinajstić information content (AvgIpc) is 2.48. The quantitative estimate of drug-likeness (QED) is 0.789. The first-order valence-corrected chi connectivity index (χ1v) is 8.65. The third kappa shape index (κ3) is 3.79. The lowest BCUT2D eigenvalue weighted by Gasteiger charge is -2.12. The van der Waals surface area contributed by atoms with E-state index >= 15 is 0 Å².